The van der Waals surface area contributed by atoms with Crippen LogP contribution in [0.5, 0.6) is 0 Å². The summed E-state index contributed by atoms with van der Waals surface area (Å²) in [5.74, 6) is -1.26. The van der Waals surface area contributed by atoms with Crippen molar-refractivity contribution < 1.29 is 67.3 Å². The SMILES string of the molecule is CC(=O)n1ccc(=O)n(C(C)=O)c1=O.O=P(O)(O)O.O=P(O)(O)O.O=P(O)(O)O. The Hall–Kier alpha value is -1.65. The molecule has 0 radical (unpaired) electrons. The maximum Gasteiger partial charge on any atom is 0.466 e. The molecule has 0 aliphatic carbocycles. The largest absolute Gasteiger partial charge is 0.466 e. The summed E-state index contributed by atoms with van der Waals surface area (Å²) >= 11 is 0. The minimum absolute atomic E-state index is 0.404. The van der Waals surface area contributed by atoms with Crippen molar-refractivity contribution in [2.24, 2.45) is 0 Å². The molecule has 9 N–H and O–H groups in total. The van der Waals surface area contributed by atoms with Crippen LogP contribution in [0, 0.1) is 0 Å². The minimum Gasteiger partial charge on any atom is -0.303 e. The fraction of sp³-hybridized carbons (Fsp3) is 0.250. The molecule has 18 nitrogen and oxygen atoms in total. The molecular formula is C8H17N2O16P3. The number of hydrogen-bond acceptors (Lipinski definition) is 7. The molecule has 0 saturated heterocycles. The second-order valence-electron chi connectivity index (χ2n) is 4.22. The van der Waals surface area contributed by atoms with Gasteiger partial charge in [0.1, 0.15) is 0 Å². The summed E-state index contributed by atoms with van der Waals surface area (Å²) in [5, 5.41) is 0. The molecule has 1 heterocycles. The molecule has 21 heteroatoms. The van der Waals surface area contributed by atoms with E-state index in [9.17, 15) is 19.2 Å². The molecule has 0 atom stereocenters. The van der Waals surface area contributed by atoms with E-state index in [1.807, 2.05) is 0 Å². The van der Waals surface area contributed by atoms with E-state index in [2.05, 4.69) is 0 Å². The summed E-state index contributed by atoms with van der Waals surface area (Å²) in [4.78, 5) is 109. The summed E-state index contributed by atoms with van der Waals surface area (Å²) in [6.07, 6.45) is 1.05. The molecular weight excluding hydrogens is 473 g/mol. The van der Waals surface area contributed by atoms with Gasteiger partial charge in [-0.05, 0) is 0 Å². The number of carbonyl (C=O) groups excluding carboxylic acids is 2. The van der Waals surface area contributed by atoms with E-state index in [0.29, 0.717) is 9.13 Å². The molecule has 0 aromatic carbocycles. The molecule has 29 heavy (non-hydrogen) atoms. The summed E-state index contributed by atoms with van der Waals surface area (Å²) in [7, 11) is -13.9. The number of hydrogen-bond donors (Lipinski definition) is 9. The summed E-state index contributed by atoms with van der Waals surface area (Å²) in [6, 6.07) is 0.990. The lowest BCUT2D eigenvalue weighted by atomic mass is 10.5. The molecule has 1 aromatic rings. The van der Waals surface area contributed by atoms with Crippen molar-refractivity contribution in [1.29, 1.82) is 0 Å². The third kappa shape index (κ3) is 28.7. The van der Waals surface area contributed by atoms with Gasteiger partial charge in [-0.3, -0.25) is 14.4 Å². The van der Waals surface area contributed by atoms with Crippen molar-refractivity contribution in [3.63, 3.8) is 0 Å². The first kappa shape index (κ1) is 32.0. The van der Waals surface area contributed by atoms with E-state index >= 15 is 0 Å². The molecule has 1 rings (SSSR count). The van der Waals surface area contributed by atoms with Crippen LogP contribution in [-0.4, -0.2) is 65.0 Å². The van der Waals surface area contributed by atoms with Gasteiger partial charge in [-0.25, -0.2) is 23.1 Å². The van der Waals surface area contributed by atoms with Gasteiger partial charge in [0.05, 0.1) is 0 Å². The molecule has 0 unspecified atom stereocenters. The average molecular weight is 490 g/mol. The van der Waals surface area contributed by atoms with Gasteiger partial charge in [0, 0.05) is 26.1 Å². The second-order valence-corrected chi connectivity index (χ2v) is 7.30. The molecule has 0 fully saturated rings. The molecule has 170 valence electrons. The number of rotatable bonds is 0. The number of aromatic nitrogens is 2. The quantitative estimate of drug-likeness (QED) is 0.160. The van der Waals surface area contributed by atoms with E-state index in [-0.39, 0.29) is 0 Å². The van der Waals surface area contributed by atoms with Crippen molar-refractivity contribution in [2.45, 2.75) is 13.8 Å². The Balaban J connectivity index is -0.000000373. The van der Waals surface area contributed by atoms with Gasteiger partial charge >= 0.3 is 29.2 Å². The predicted octanol–water partition coefficient (Wildman–Crippen LogP) is -3.46. The summed E-state index contributed by atoms with van der Waals surface area (Å²) in [6.45, 7) is 2.24. The van der Waals surface area contributed by atoms with Crippen LogP contribution in [0.1, 0.15) is 23.4 Å². The van der Waals surface area contributed by atoms with Crippen LogP contribution in [0.4, 0.5) is 0 Å². The third-order valence-electron chi connectivity index (χ3n) is 1.64. The molecule has 0 aliphatic heterocycles. The third-order valence-corrected chi connectivity index (χ3v) is 1.64. The molecule has 0 saturated carbocycles. The van der Waals surface area contributed by atoms with Crippen LogP contribution in [0.25, 0.3) is 0 Å². The Morgan fingerprint density at radius 2 is 1.00 bits per heavy atom. The van der Waals surface area contributed by atoms with Gasteiger partial charge in [0.25, 0.3) is 5.56 Å². The standard InChI is InChI=1S/C8H8N2O4.3H3O4P/c1-5(11)9-4-3-7(13)10(6(2)12)8(9)14;3*1-5(2,3)4/h3-4H,1-2H3;3*(H3,1,2,3,4). The van der Waals surface area contributed by atoms with Crippen LogP contribution >= 0.6 is 23.5 Å². The lowest BCUT2D eigenvalue weighted by Gasteiger charge is -2.02. The molecule has 1 aromatic heterocycles. The first-order chi connectivity index (χ1) is 12.4. The van der Waals surface area contributed by atoms with E-state index in [0.717, 1.165) is 26.1 Å². The molecule has 0 bridgehead atoms. The monoisotopic (exact) mass is 490 g/mol. The van der Waals surface area contributed by atoms with Crippen molar-refractivity contribution in [2.75, 3.05) is 0 Å². The lowest BCUT2D eigenvalue weighted by Crippen LogP contribution is -2.43. The van der Waals surface area contributed by atoms with Crippen molar-refractivity contribution in [3.8, 4) is 0 Å². The first-order valence-corrected chi connectivity index (χ1v) is 10.9. The van der Waals surface area contributed by atoms with E-state index in [4.69, 9.17) is 57.7 Å². The Kier molecular flexibility index (Phi) is 14.2. The number of phosphoric acid groups is 3. The molecule has 0 amide bonds. The van der Waals surface area contributed by atoms with Gasteiger partial charge in [-0.1, -0.05) is 0 Å². The van der Waals surface area contributed by atoms with Crippen LogP contribution in [0.2, 0.25) is 0 Å². The van der Waals surface area contributed by atoms with Crippen molar-refractivity contribution in [1.82, 2.24) is 9.13 Å². The Labute approximate surface area is 159 Å². The van der Waals surface area contributed by atoms with Gasteiger partial charge in [-0.15, -0.1) is 0 Å². The smallest absolute Gasteiger partial charge is 0.303 e. The molecule has 0 aliphatic rings. The summed E-state index contributed by atoms with van der Waals surface area (Å²) < 4.78 is 27.7. The van der Waals surface area contributed by atoms with E-state index < -0.39 is 46.5 Å². The highest BCUT2D eigenvalue weighted by Gasteiger charge is 2.10. The number of nitrogens with zero attached hydrogens (tertiary/aromatic N) is 2. The average Bonchev–Trinajstić information content (AvgIpc) is 2.31. The van der Waals surface area contributed by atoms with E-state index in [1.54, 1.807) is 0 Å². The van der Waals surface area contributed by atoms with Crippen LogP contribution in [0.3, 0.4) is 0 Å². The zero-order valence-corrected chi connectivity index (χ0v) is 17.0. The highest BCUT2D eigenvalue weighted by atomic mass is 31.2. The van der Waals surface area contributed by atoms with Crippen LogP contribution in [-0.2, 0) is 13.7 Å². The van der Waals surface area contributed by atoms with Crippen LogP contribution in [0.15, 0.2) is 21.9 Å². The Morgan fingerprint density at radius 1 is 0.724 bits per heavy atom. The fourth-order valence-electron chi connectivity index (χ4n) is 1.01. The zero-order valence-electron chi connectivity index (χ0n) is 14.3. The second kappa shape index (κ2) is 12.8. The lowest BCUT2D eigenvalue weighted by molar-refractivity contribution is 0.0906. The molecule has 0 spiro atoms. The Bertz CT molecular complexity index is 871. The van der Waals surface area contributed by atoms with Crippen molar-refractivity contribution in [3.05, 3.63) is 33.1 Å². The highest BCUT2D eigenvalue weighted by Crippen LogP contribution is 2.26. The minimum atomic E-state index is -4.64. The van der Waals surface area contributed by atoms with Gasteiger partial charge in [0.15, 0.2) is 0 Å². The predicted molar refractivity (Wildman–Crippen MR) is 90.4 cm³/mol. The Morgan fingerprint density at radius 3 is 1.21 bits per heavy atom. The van der Waals surface area contributed by atoms with Gasteiger partial charge in [-0.2, -0.15) is 4.57 Å². The van der Waals surface area contributed by atoms with Crippen LogP contribution < -0.4 is 11.2 Å². The topological polar surface area (TPSA) is 311 Å². The van der Waals surface area contributed by atoms with Crippen molar-refractivity contribution >= 4 is 35.3 Å². The fourth-order valence-corrected chi connectivity index (χ4v) is 1.01. The number of carbonyl (C=O) groups is 2. The highest BCUT2D eigenvalue weighted by molar-refractivity contribution is 7.45. The normalized spacial score (nSPS) is 10.9. The van der Waals surface area contributed by atoms with Gasteiger partial charge in [0.2, 0.25) is 11.8 Å². The van der Waals surface area contributed by atoms with E-state index in [1.165, 1.54) is 0 Å². The maximum absolute atomic E-state index is 11.4. The van der Waals surface area contributed by atoms with Gasteiger partial charge < -0.3 is 44.0 Å². The first-order valence-electron chi connectivity index (χ1n) is 6.16. The zero-order chi connectivity index (χ0) is 24.4. The maximum atomic E-state index is 11.4. The summed E-state index contributed by atoms with van der Waals surface area (Å²) in [5.41, 5.74) is -1.67.